The molecule has 0 bridgehead atoms. The van der Waals surface area contributed by atoms with Gasteiger partial charge in [0.15, 0.2) is 0 Å². The van der Waals surface area contributed by atoms with Gasteiger partial charge in [0.1, 0.15) is 11.6 Å². The lowest BCUT2D eigenvalue weighted by Crippen LogP contribution is -2.13. The SMILES string of the molecule is O=C(O)c1cc(NC(c2ccncc2)c2ccc(F)cc2)ccc1F. The Morgan fingerprint density at radius 1 is 0.960 bits per heavy atom. The molecule has 1 unspecified atom stereocenters. The van der Waals surface area contributed by atoms with E-state index in [0.717, 1.165) is 17.2 Å². The summed E-state index contributed by atoms with van der Waals surface area (Å²) in [5, 5.41) is 12.2. The van der Waals surface area contributed by atoms with Gasteiger partial charge in [-0.25, -0.2) is 13.6 Å². The molecule has 0 aliphatic carbocycles. The second-order valence-corrected chi connectivity index (χ2v) is 5.41. The van der Waals surface area contributed by atoms with Crippen LogP contribution >= 0.6 is 0 Å². The van der Waals surface area contributed by atoms with Crippen LogP contribution < -0.4 is 5.32 Å². The van der Waals surface area contributed by atoms with Crippen LogP contribution in [0.4, 0.5) is 14.5 Å². The van der Waals surface area contributed by atoms with Crippen LogP contribution in [-0.2, 0) is 0 Å². The van der Waals surface area contributed by atoms with E-state index in [4.69, 9.17) is 5.11 Å². The number of carboxylic acid groups (broad SMARTS) is 1. The number of aromatic nitrogens is 1. The summed E-state index contributed by atoms with van der Waals surface area (Å²) in [5.74, 6) is -2.50. The first-order valence-electron chi connectivity index (χ1n) is 7.49. The van der Waals surface area contributed by atoms with Crippen molar-refractivity contribution in [1.82, 2.24) is 4.98 Å². The quantitative estimate of drug-likeness (QED) is 0.728. The fourth-order valence-corrected chi connectivity index (χ4v) is 2.52. The molecular weight excluding hydrogens is 326 g/mol. The summed E-state index contributed by atoms with van der Waals surface area (Å²) in [6, 6.07) is 13.0. The van der Waals surface area contributed by atoms with Crippen LogP contribution in [0, 0.1) is 11.6 Å². The standard InChI is InChI=1S/C19H14F2N2O2/c20-14-3-1-12(2-4-14)18(13-7-9-22-10-8-13)23-15-5-6-17(21)16(11-15)19(24)25/h1-11,18,23H,(H,24,25). The maximum atomic E-state index is 13.6. The van der Waals surface area contributed by atoms with Crippen molar-refractivity contribution in [1.29, 1.82) is 0 Å². The van der Waals surface area contributed by atoms with E-state index < -0.39 is 17.3 Å². The van der Waals surface area contributed by atoms with E-state index in [-0.39, 0.29) is 11.9 Å². The van der Waals surface area contributed by atoms with Crippen molar-refractivity contribution < 1.29 is 18.7 Å². The second kappa shape index (κ2) is 7.09. The highest BCUT2D eigenvalue weighted by molar-refractivity contribution is 5.89. The van der Waals surface area contributed by atoms with Crippen LogP contribution in [-0.4, -0.2) is 16.1 Å². The van der Waals surface area contributed by atoms with Crippen molar-refractivity contribution in [3.05, 3.63) is 95.3 Å². The Hall–Kier alpha value is -3.28. The van der Waals surface area contributed by atoms with Crippen molar-refractivity contribution in [3.8, 4) is 0 Å². The Morgan fingerprint density at radius 2 is 1.60 bits per heavy atom. The molecule has 1 atom stereocenters. The number of halogens is 2. The summed E-state index contributed by atoms with van der Waals surface area (Å²) >= 11 is 0. The molecule has 2 aromatic carbocycles. The Morgan fingerprint density at radius 3 is 2.24 bits per heavy atom. The highest BCUT2D eigenvalue weighted by atomic mass is 19.1. The summed E-state index contributed by atoms with van der Waals surface area (Å²) in [4.78, 5) is 15.1. The summed E-state index contributed by atoms with van der Waals surface area (Å²) in [5.41, 5.74) is 1.64. The molecule has 0 amide bonds. The van der Waals surface area contributed by atoms with Gasteiger partial charge in [0, 0.05) is 18.1 Å². The van der Waals surface area contributed by atoms with E-state index in [9.17, 15) is 13.6 Å². The average molecular weight is 340 g/mol. The molecule has 1 aromatic heterocycles. The normalized spacial score (nSPS) is 11.8. The minimum Gasteiger partial charge on any atom is -0.478 e. The molecule has 4 nitrogen and oxygen atoms in total. The first-order valence-corrected chi connectivity index (χ1v) is 7.49. The van der Waals surface area contributed by atoms with E-state index in [1.807, 2.05) is 0 Å². The van der Waals surface area contributed by atoms with Gasteiger partial charge in [-0.15, -0.1) is 0 Å². The maximum absolute atomic E-state index is 13.6. The average Bonchev–Trinajstić information content (AvgIpc) is 2.62. The molecule has 25 heavy (non-hydrogen) atoms. The van der Waals surface area contributed by atoms with Crippen LogP contribution in [0.3, 0.4) is 0 Å². The number of nitrogens with one attached hydrogen (secondary N) is 1. The molecule has 0 aliphatic heterocycles. The molecule has 0 saturated carbocycles. The molecule has 6 heteroatoms. The maximum Gasteiger partial charge on any atom is 0.338 e. The monoisotopic (exact) mass is 340 g/mol. The number of hydrogen-bond acceptors (Lipinski definition) is 3. The zero-order chi connectivity index (χ0) is 17.8. The van der Waals surface area contributed by atoms with Crippen molar-refractivity contribution in [2.24, 2.45) is 0 Å². The lowest BCUT2D eigenvalue weighted by molar-refractivity contribution is 0.0692. The Balaban J connectivity index is 2.00. The van der Waals surface area contributed by atoms with E-state index in [1.54, 1.807) is 36.7 Å². The Kier molecular flexibility index (Phi) is 4.70. The number of aromatic carboxylic acids is 1. The lowest BCUT2D eigenvalue weighted by Gasteiger charge is -2.21. The molecule has 0 saturated heterocycles. The molecule has 0 radical (unpaired) electrons. The van der Waals surface area contributed by atoms with Crippen molar-refractivity contribution >= 4 is 11.7 Å². The van der Waals surface area contributed by atoms with Crippen LogP contribution in [0.5, 0.6) is 0 Å². The smallest absolute Gasteiger partial charge is 0.338 e. The van der Waals surface area contributed by atoms with Gasteiger partial charge in [-0.1, -0.05) is 12.1 Å². The molecule has 3 rings (SSSR count). The number of rotatable bonds is 5. The first kappa shape index (κ1) is 16.6. The lowest BCUT2D eigenvalue weighted by atomic mass is 9.99. The minimum atomic E-state index is -1.34. The molecule has 126 valence electrons. The summed E-state index contributed by atoms with van der Waals surface area (Å²) in [6.45, 7) is 0. The van der Waals surface area contributed by atoms with Crippen LogP contribution in [0.1, 0.15) is 27.5 Å². The predicted octanol–water partition coefficient (Wildman–Crippen LogP) is 4.26. The topological polar surface area (TPSA) is 62.2 Å². The molecule has 2 N–H and O–H groups in total. The van der Waals surface area contributed by atoms with E-state index in [0.29, 0.717) is 5.69 Å². The van der Waals surface area contributed by atoms with Gasteiger partial charge in [0.05, 0.1) is 11.6 Å². The summed E-state index contributed by atoms with van der Waals surface area (Å²) in [6.07, 6.45) is 3.25. The predicted molar refractivity (Wildman–Crippen MR) is 89.5 cm³/mol. The third kappa shape index (κ3) is 3.80. The fraction of sp³-hybridized carbons (Fsp3) is 0.0526. The van der Waals surface area contributed by atoms with Gasteiger partial charge in [0.2, 0.25) is 0 Å². The van der Waals surface area contributed by atoms with Crippen LogP contribution in [0.25, 0.3) is 0 Å². The zero-order valence-corrected chi connectivity index (χ0v) is 13.0. The summed E-state index contributed by atoms with van der Waals surface area (Å²) in [7, 11) is 0. The van der Waals surface area contributed by atoms with Crippen molar-refractivity contribution in [2.45, 2.75) is 6.04 Å². The first-order chi connectivity index (χ1) is 12.0. The number of carbonyl (C=O) groups is 1. The molecule has 3 aromatic rings. The molecule has 0 fully saturated rings. The number of hydrogen-bond donors (Lipinski definition) is 2. The minimum absolute atomic E-state index is 0.354. The third-order valence-electron chi connectivity index (χ3n) is 3.75. The summed E-state index contributed by atoms with van der Waals surface area (Å²) < 4.78 is 26.8. The Labute approximate surface area is 142 Å². The largest absolute Gasteiger partial charge is 0.478 e. The number of anilines is 1. The second-order valence-electron chi connectivity index (χ2n) is 5.41. The van der Waals surface area contributed by atoms with E-state index >= 15 is 0 Å². The molecular formula is C19H14F2N2O2. The molecule has 0 aliphatic rings. The van der Waals surface area contributed by atoms with Gasteiger partial charge in [-0.2, -0.15) is 0 Å². The number of nitrogens with zero attached hydrogens (tertiary/aromatic N) is 1. The number of pyridine rings is 1. The van der Waals surface area contributed by atoms with Gasteiger partial charge < -0.3 is 10.4 Å². The van der Waals surface area contributed by atoms with Crippen molar-refractivity contribution in [3.63, 3.8) is 0 Å². The Bertz CT molecular complexity index is 884. The fourth-order valence-electron chi connectivity index (χ4n) is 2.52. The van der Waals surface area contributed by atoms with Gasteiger partial charge >= 0.3 is 5.97 Å². The molecule has 0 spiro atoms. The van der Waals surface area contributed by atoms with E-state index in [1.165, 1.54) is 24.3 Å². The van der Waals surface area contributed by atoms with Gasteiger partial charge in [-0.05, 0) is 53.6 Å². The van der Waals surface area contributed by atoms with Gasteiger partial charge in [0.25, 0.3) is 0 Å². The van der Waals surface area contributed by atoms with Crippen molar-refractivity contribution in [2.75, 3.05) is 5.32 Å². The number of benzene rings is 2. The van der Waals surface area contributed by atoms with E-state index in [2.05, 4.69) is 10.3 Å². The number of carboxylic acids is 1. The van der Waals surface area contributed by atoms with Crippen LogP contribution in [0.2, 0.25) is 0 Å². The zero-order valence-electron chi connectivity index (χ0n) is 13.0. The van der Waals surface area contributed by atoms with Crippen LogP contribution in [0.15, 0.2) is 67.0 Å². The van der Waals surface area contributed by atoms with Gasteiger partial charge in [-0.3, -0.25) is 4.98 Å². The highest BCUT2D eigenvalue weighted by Crippen LogP contribution is 2.27. The molecule has 1 heterocycles. The highest BCUT2D eigenvalue weighted by Gasteiger charge is 2.16. The third-order valence-corrected chi connectivity index (χ3v) is 3.75.